The zero-order valence-electron chi connectivity index (χ0n) is 13.0. The third kappa shape index (κ3) is 3.24. The van der Waals surface area contributed by atoms with E-state index < -0.39 is 7.60 Å². The van der Waals surface area contributed by atoms with Crippen molar-refractivity contribution in [3.63, 3.8) is 0 Å². The van der Waals surface area contributed by atoms with E-state index in [4.69, 9.17) is 14.8 Å². The van der Waals surface area contributed by atoms with Gasteiger partial charge in [-0.05, 0) is 32.9 Å². The van der Waals surface area contributed by atoms with Crippen LogP contribution >= 0.6 is 7.60 Å². The van der Waals surface area contributed by atoms with Crippen molar-refractivity contribution in [1.82, 2.24) is 4.57 Å². The van der Waals surface area contributed by atoms with Crippen molar-refractivity contribution in [3.05, 3.63) is 40.2 Å². The smallest absolute Gasteiger partial charge is 0.350 e. The van der Waals surface area contributed by atoms with Gasteiger partial charge in [-0.2, -0.15) is 0 Å². The topological polar surface area (TPSA) is 83.5 Å². The van der Waals surface area contributed by atoms with Crippen molar-refractivity contribution in [3.8, 4) is 0 Å². The van der Waals surface area contributed by atoms with Gasteiger partial charge in [0.15, 0.2) is 5.43 Å². The highest BCUT2D eigenvalue weighted by Crippen LogP contribution is 2.50. The van der Waals surface area contributed by atoms with Crippen LogP contribution in [0.25, 0.3) is 10.9 Å². The first-order valence-corrected chi connectivity index (χ1v) is 8.91. The lowest BCUT2D eigenvalue weighted by Gasteiger charge is -2.20. The van der Waals surface area contributed by atoms with Crippen molar-refractivity contribution >= 4 is 24.2 Å². The number of anilines is 1. The van der Waals surface area contributed by atoms with Crippen molar-refractivity contribution in [2.45, 2.75) is 27.1 Å². The molecular weight excluding hydrogens is 303 g/mol. The molecule has 0 fully saturated rings. The number of hydrogen-bond donors (Lipinski definition) is 1. The minimum Gasteiger partial charge on any atom is -0.398 e. The summed E-state index contributed by atoms with van der Waals surface area (Å²) in [7, 11) is -3.28. The van der Waals surface area contributed by atoms with Gasteiger partial charge in [-0.15, -0.1) is 0 Å². The van der Waals surface area contributed by atoms with Gasteiger partial charge >= 0.3 is 7.60 Å². The molecule has 0 spiro atoms. The molecule has 0 aliphatic heterocycles. The van der Waals surface area contributed by atoms with Crippen molar-refractivity contribution in [2.75, 3.05) is 18.9 Å². The van der Waals surface area contributed by atoms with Gasteiger partial charge in [0.1, 0.15) is 6.29 Å². The molecule has 0 saturated heterocycles. The average molecular weight is 324 g/mol. The molecule has 1 aromatic carbocycles. The number of fused-ring (bicyclic) bond motifs is 1. The van der Waals surface area contributed by atoms with E-state index >= 15 is 0 Å². The van der Waals surface area contributed by atoms with Crippen LogP contribution in [0.4, 0.5) is 5.69 Å². The molecular formula is C15H21N2O4P. The SMILES string of the molecule is CCOP(=O)(Cn1cc(C)c(=O)c2c(N)cccc21)OCC. The molecule has 1 aromatic heterocycles. The molecule has 6 nitrogen and oxygen atoms in total. The number of rotatable bonds is 6. The molecule has 0 bridgehead atoms. The fourth-order valence-corrected chi connectivity index (χ4v) is 4.05. The molecule has 0 amide bonds. The van der Waals surface area contributed by atoms with Crippen LogP contribution < -0.4 is 11.2 Å². The lowest BCUT2D eigenvalue weighted by molar-refractivity contribution is 0.214. The molecule has 0 aliphatic carbocycles. The first-order chi connectivity index (χ1) is 10.4. The largest absolute Gasteiger partial charge is 0.398 e. The van der Waals surface area contributed by atoms with Gasteiger partial charge in [-0.3, -0.25) is 9.36 Å². The molecule has 120 valence electrons. The Morgan fingerprint density at radius 2 is 1.86 bits per heavy atom. The summed E-state index contributed by atoms with van der Waals surface area (Å²) in [5.41, 5.74) is 7.37. The first-order valence-electron chi connectivity index (χ1n) is 7.18. The summed E-state index contributed by atoms with van der Waals surface area (Å²) < 4.78 is 25.1. The van der Waals surface area contributed by atoms with Crippen LogP contribution in [0.5, 0.6) is 0 Å². The zero-order valence-corrected chi connectivity index (χ0v) is 13.9. The standard InChI is InChI=1S/C15H21N2O4P/c1-4-20-22(19,21-5-2)10-17-9-11(3)15(18)14-12(16)7-6-8-13(14)17/h6-9H,4-5,10,16H2,1-3H3. The quantitative estimate of drug-likeness (QED) is 0.652. The van der Waals surface area contributed by atoms with Gasteiger partial charge < -0.3 is 19.3 Å². The van der Waals surface area contributed by atoms with E-state index in [1.165, 1.54) is 0 Å². The van der Waals surface area contributed by atoms with Gasteiger partial charge in [0.25, 0.3) is 0 Å². The zero-order chi connectivity index (χ0) is 16.3. The van der Waals surface area contributed by atoms with Crippen LogP contribution in [0.1, 0.15) is 19.4 Å². The number of aromatic nitrogens is 1. The summed E-state index contributed by atoms with van der Waals surface area (Å²) in [4.78, 5) is 12.3. The predicted octanol–water partition coefficient (Wildman–Crippen LogP) is 3.12. The van der Waals surface area contributed by atoms with Crippen LogP contribution in [0.2, 0.25) is 0 Å². The van der Waals surface area contributed by atoms with E-state index in [9.17, 15) is 9.36 Å². The lowest BCUT2D eigenvalue weighted by atomic mass is 10.1. The van der Waals surface area contributed by atoms with Crippen LogP contribution in [0, 0.1) is 6.92 Å². The maximum absolute atomic E-state index is 12.7. The van der Waals surface area contributed by atoms with Crippen molar-refractivity contribution < 1.29 is 13.6 Å². The summed E-state index contributed by atoms with van der Waals surface area (Å²) in [5.74, 6) is 0. The van der Waals surface area contributed by atoms with E-state index in [0.717, 1.165) is 0 Å². The Balaban J connectivity index is 2.61. The Bertz CT molecular complexity index is 775. The van der Waals surface area contributed by atoms with E-state index in [-0.39, 0.29) is 24.9 Å². The summed E-state index contributed by atoms with van der Waals surface area (Å²) in [6.07, 6.45) is 1.70. The van der Waals surface area contributed by atoms with E-state index in [1.807, 2.05) is 0 Å². The fourth-order valence-electron chi connectivity index (χ4n) is 2.42. The molecule has 0 atom stereocenters. The van der Waals surface area contributed by atoms with Gasteiger partial charge in [-0.25, -0.2) is 0 Å². The molecule has 2 N–H and O–H groups in total. The summed E-state index contributed by atoms with van der Waals surface area (Å²) in [5, 5.41) is 0.432. The molecule has 7 heteroatoms. The second-order valence-electron chi connectivity index (χ2n) is 4.94. The molecule has 0 aliphatic rings. The number of benzene rings is 1. The Morgan fingerprint density at radius 3 is 2.45 bits per heavy atom. The fraction of sp³-hybridized carbons (Fsp3) is 0.400. The van der Waals surface area contributed by atoms with Crippen LogP contribution in [0.3, 0.4) is 0 Å². The minimum atomic E-state index is -3.28. The second kappa shape index (κ2) is 6.65. The average Bonchev–Trinajstić information content (AvgIpc) is 2.44. The van der Waals surface area contributed by atoms with Crippen molar-refractivity contribution in [1.29, 1.82) is 0 Å². The summed E-state index contributed by atoms with van der Waals surface area (Å²) >= 11 is 0. The Hall–Kier alpha value is -1.62. The number of nitrogens with zero attached hydrogens (tertiary/aromatic N) is 1. The van der Waals surface area contributed by atoms with E-state index in [1.54, 1.807) is 49.7 Å². The highest BCUT2D eigenvalue weighted by molar-refractivity contribution is 7.52. The number of nitrogens with two attached hydrogens (primary N) is 1. The molecule has 22 heavy (non-hydrogen) atoms. The maximum atomic E-state index is 12.7. The monoisotopic (exact) mass is 324 g/mol. The third-order valence-corrected chi connectivity index (χ3v) is 5.25. The second-order valence-corrected chi connectivity index (χ2v) is 6.96. The van der Waals surface area contributed by atoms with E-state index in [0.29, 0.717) is 22.2 Å². The van der Waals surface area contributed by atoms with E-state index in [2.05, 4.69) is 0 Å². The molecule has 0 unspecified atom stereocenters. The highest BCUT2D eigenvalue weighted by atomic mass is 31.2. The first kappa shape index (κ1) is 16.7. The predicted molar refractivity (Wildman–Crippen MR) is 88.2 cm³/mol. The molecule has 1 heterocycles. The highest BCUT2D eigenvalue weighted by Gasteiger charge is 2.25. The van der Waals surface area contributed by atoms with Gasteiger partial charge in [-0.1, -0.05) is 6.07 Å². The molecule has 2 rings (SSSR count). The molecule has 2 aromatic rings. The third-order valence-electron chi connectivity index (χ3n) is 3.30. The molecule has 0 saturated carbocycles. The van der Waals surface area contributed by atoms with Crippen LogP contribution in [0.15, 0.2) is 29.2 Å². The Morgan fingerprint density at radius 1 is 1.23 bits per heavy atom. The van der Waals surface area contributed by atoms with Crippen LogP contribution in [-0.2, 0) is 19.9 Å². The number of hydrogen-bond acceptors (Lipinski definition) is 5. The minimum absolute atomic E-state index is 0.0375. The normalized spacial score (nSPS) is 12.0. The maximum Gasteiger partial charge on any atom is 0.350 e. The summed E-state index contributed by atoms with van der Waals surface area (Å²) in [6, 6.07) is 5.21. The van der Waals surface area contributed by atoms with Crippen molar-refractivity contribution in [2.24, 2.45) is 0 Å². The van der Waals surface area contributed by atoms with Gasteiger partial charge in [0, 0.05) is 17.4 Å². The Labute approximate surface area is 129 Å². The lowest BCUT2D eigenvalue weighted by Crippen LogP contribution is -2.15. The summed E-state index contributed by atoms with van der Waals surface area (Å²) in [6.45, 7) is 5.81. The van der Waals surface area contributed by atoms with Gasteiger partial charge in [0.2, 0.25) is 0 Å². The number of aryl methyl sites for hydroxylation is 1. The number of pyridine rings is 1. The Kier molecular flexibility index (Phi) is 5.06. The van der Waals surface area contributed by atoms with Crippen LogP contribution in [-0.4, -0.2) is 17.8 Å². The number of nitrogen functional groups attached to an aromatic ring is 1. The van der Waals surface area contributed by atoms with Gasteiger partial charge in [0.05, 0.1) is 24.1 Å². The molecule has 0 radical (unpaired) electrons.